The number of aliphatic hydroxyl groups is 1. The van der Waals surface area contributed by atoms with Gasteiger partial charge in [0.15, 0.2) is 5.78 Å². The zero-order valence-corrected chi connectivity index (χ0v) is 38.3. The molecule has 0 aliphatic heterocycles. The number of rotatable bonds is 5. The molecular weight excluding hydrogens is 737 g/mol. The largest absolute Gasteiger partial charge is 2.00 e. The van der Waals surface area contributed by atoms with Gasteiger partial charge in [-0.1, -0.05) is 235 Å². The Morgan fingerprint density at radius 1 is 0.389 bits per heavy atom. The molecule has 4 heteroatoms. The van der Waals surface area contributed by atoms with Crippen molar-refractivity contribution in [1.29, 1.82) is 0 Å². The summed E-state index contributed by atoms with van der Waals surface area (Å²) in [6, 6.07) is 60.4. The van der Waals surface area contributed by atoms with Crippen LogP contribution >= 0.6 is 0 Å². The van der Waals surface area contributed by atoms with Gasteiger partial charge in [0.2, 0.25) is 0 Å². The molecule has 6 rings (SSSR count). The first kappa shape index (κ1) is 59.5. The number of benzene rings is 6. The molecule has 54 heavy (non-hydrogen) atoms. The number of hydrogen-bond donors (Lipinski definition) is 1. The second kappa shape index (κ2) is 43.6. The monoisotopic (exact) mass is 802 g/mol. The van der Waals surface area contributed by atoms with Crippen molar-refractivity contribution in [1.82, 2.24) is 0 Å². The molecule has 0 amide bonds. The van der Waals surface area contributed by atoms with Crippen LogP contribution in [-0.4, -0.2) is 33.9 Å². The Balaban J connectivity index is -0.000000206. The van der Waals surface area contributed by atoms with Gasteiger partial charge in [-0.15, -0.1) is 0 Å². The Labute approximate surface area is 358 Å². The molecule has 0 radical (unpaired) electrons. The molecule has 0 saturated heterocycles. The zero-order chi connectivity index (χ0) is 39.9. The summed E-state index contributed by atoms with van der Waals surface area (Å²) >= 11 is 0. The summed E-state index contributed by atoms with van der Waals surface area (Å²) in [4.78, 5) is 11.8. The molecule has 0 aromatic heterocycles. The van der Waals surface area contributed by atoms with Crippen LogP contribution in [-0.2, 0) is 5.60 Å². The minimum absolute atomic E-state index is 0. The Bertz CT molecular complexity index is 1370. The quantitative estimate of drug-likeness (QED) is 0.0816. The third-order valence-corrected chi connectivity index (χ3v) is 6.25. The Morgan fingerprint density at radius 3 is 0.778 bits per heavy atom. The van der Waals surface area contributed by atoms with Crippen molar-refractivity contribution in [3.63, 3.8) is 0 Å². The fourth-order valence-corrected chi connectivity index (χ4v) is 4.23. The maximum Gasteiger partial charge on any atom is 2.00 e. The van der Waals surface area contributed by atoms with Crippen molar-refractivity contribution in [2.75, 3.05) is 0 Å². The SMILES string of the molecule is CC.CC.CC.CC.CC.CC.O=C(c1ccccc1)c1ccccc1.OC(c1ccccc1)(c1ccccc1)c1ccccc1.[Br-].[Mg+2].[c-]1ccccc1. The first-order chi connectivity index (χ1) is 25.7. The van der Waals surface area contributed by atoms with E-state index in [0.717, 1.165) is 27.8 Å². The van der Waals surface area contributed by atoms with Crippen LogP contribution in [0, 0.1) is 6.07 Å². The third-order valence-electron chi connectivity index (χ3n) is 6.25. The number of carbonyl (C=O) groups excluding carboxylic acids is 1. The fourth-order valence-electron chi connectivity index (χ4n) is 4.23. The Morgan fingerprint density at radius 2 is 0.593 bits per heavy atom. The van der Waals surface area contributed by atoms with Crippen LogP contribution in [0.25, 0.3) is 0 Å². The summed E-state index contributed by atoms with van der Waals surface area (Å²) in [6.07, 6.45) is 0. The van der Waals surface area contributed by atoms with E-state index in [1.54, 1.807) is 0 Å². The Hall–Kier alpha value is -3.80. The first-order valence-corrected chi connectivity index (χ1v) is 19.1. The second-order valence-electron chi connectivity index (χ2n) is 8.95. The van der Waals surface area contributed by atoms with Crippen molar-refractivity contribution in [3.8, 4) is 0 Å². The second-order valence-corrected chi connectivity index (χ2v) is 8.95. The maximum atomic E-state index is 11.8. The van der Waals surface area contributed by atoms with Gasteiger partial charge in [0, 0.05) is 11.1 Å². The van der Waals surface area contributed by atoms with E-state index in [1.807, 2.05) is 265 Å². The molecule has 0 aliphatic rings. The zero-order valence-electron chi connectivity index (χ0n) is 35.3. The van der Waals surface area contributed by atoms with E-state index in [9.17, 15) is 9.90 Å². The molecule has 0 bridgehead atoms. The number of halogens is 1. The molecule has 6 aromatic carbocycles. The van der Waals surface area contributed by atoms with Gasteiger partial charge >= 0.3 is 23.1 Å². The van der Waals surface area contributed by atoms with Crippen LogP contribution in [0.3, 0.4) is 0 Å². The molecule has 6 aromatic rings. The van der Waals surface area contributed by atoms with E-state index in [1.165, 1.54) is 0 Å². The first-order valence-electron chi connectivity index (χ1n) is 19.1. The van der Waals surface area contributed by atoms with Crippen LogP contribution in [0.2, 0.25) is 0 Å². The fraction of sp³-hybridized carbons (Fsp3) is 0.260. The third kappa shape index (κ3) is 23.1. The molecule has 0 atom stereocenters. The number of ketones is 1. The van der Waals surface area contributed by atoms with Gasteiger partial charge < -0.3 is 22.1 Å². The number of hydrogen-bond acceptors (Lipinski definition) is 2. The molecule has 0 saturated carbocycles. The Kier molecular flexibility index (Phi) is 48.0. The van der Waals surface area contributed by atoms with E-state index in [2.05, 4.69) is 6.07 Å². The molecule has 2 nitrogen and oxygen atoms in total. The van der Waals surface area contributed by atoms with Crippen molar-refractivity contribution in [3.05, 3.63) is 216 Å². The van der Waals surface area contributed by atoms with Gasteiger partial charge in [-0.2, -0.15) is 36.4 Å². The summed E-state index contributed by atoms with van der Waals surface area (Å²) in [5, 5.41) is 11.4. The smallest absolute Gasteiger partial charge is 1.00 e. The summed E-state index contributed by atoms with van der Waals surface area (Å²) in [5.74, 6) is 0.0752. The minimum Gasteiger partial charge on any atom is -1.00 e. The summed E-state index contributed by atoms with van der Waals surface area (Å²) in [5.41, 5.74) is 2.97. The molecule has 288 valence electrons. The van der Waals surface area contributed by atoms with Crippen LogP contribution in [0.5, 0.6) is 0 Å². The standard InChI is InChI=1S/C19H16O.C13H10O.C6H5.6C2H6.BrH.Mg/c20-19(16-10-4-1-5-11-16,17-12-6-2-7-13-17)18-14-8-3-9-15-18;14-13(11-7-3-1-4-8-11)12-9-5-2-6-10-12;1-2-4-6-5-3-1;6*1-2;;/h1-15,20H;1-10H;1-5H;6*1-2H3;1H;/q;;-1;;;;;;;;+2/p-1. The van der Waals surface area contributed by atoms with Gasteiger partial charge in [-0.05, 0) is 16.7 Å². The molecule has 1 N–H and O–H groups in total. The van der Waals surface area contributed by atoms with Gasteiger partial charge in [0.05, 0.1) is 0 Å². The van der Waals surface area contributed by atoms with Crippen molar-refractivity contribution >= 4 is 28.8 Å². The van der Waals surface area contributed by atoms with Gasteiger partial charge in [-0.25, -0.2) is 0 Å². The molecular formula is C50H67BrMgO2. The van der Waals surface area contributed by atoms with Gasteiger partial charge in [0.25, 0.3) is 0 Å². The summed E-state index contributed by atoms with van der Waals surface area (Å²) in [7, 11) is 0. The molecule has 0 heterocycles. The van der Waals surface area contributed by atoms with Gasteiger partial charge in [-0.3, -0.25) is 4.79 Å². The molecule has 0 spiro atoms. The van der Waals surface area contributed by atoms with Crippen molar-refractivity contribution in [2.24, 2.45) is 0 Å². The molecule has 0 unspecified atom stereocenters. The van der Waals surface area contributed by atoms with E-state index in [0.29, 0.717) is 0 Å². The molecule has 0 aliphatic carbocycles. The average Bonchev–Trinajstić information content (AvgIpc) is 3.30. The van der Waals surface area contributed by atoms with Crippen LogP contribution < -0.4 is 17.0 Å². The van der Waals surface area contributed by atoms with Crippen molar-refractivity contribution in [2.45, 2.75) is 88.7 Å². The van der Waals surface area contributed by atoms with E-state index in [-0.39, 0.29) is 45.8 Å². The summed E-state index contributed by atoms with van der Waals surface area (Å²) < 4.78 is 0. The number of carbonyl (C=O) groups is 1. The van der Waals surface area contributed by atoms with Crippen LogP contribution in [0.15, 0.2) is 182 Å². The van der Waals surface area contributed by atoms with Crippen LogP contribution in [0.4, 0.5) is 0 Å². The average molecular weight is 804 g/mol. The summed E-state index contributed by atoms with van der Waals surface area (Å²) in [6.45, 7) is 24.0. The topological polar surface area (TPSA) is 37.3 Å². The van der Waals surface area contributed by atoms with E-state index >= 15 is 0 Å². The predicted molar refractivity (Wildman–Crippen MR) is 237 cm³/mol. The van der Waals surface area contributed by atoms with E-state index < -0.39 is 5.60 Å². The normalized spacial score (nSPS) is 8.24. The van der Waals surface area contributed by atoms with Gasteiger partial charge in [0.1, 0.15) is 5.60 Å². The minimum atomic E-state index is -1.12. The predicted octanol–water partition coefficient (Wildman–Crippen LogP) is 11.2. The molecule has 0 fully saturated rings. The van der Waals surface area contributed by atoms with E-state index in [4.69, 9.17) is 0 Å². The maximum absolute atomic E-state index is 11.8. The van der Waals surface area contributed by atoms with Crippen molar-refractivity contribution < 1.29 is 26.9 Å². The van der Waals surface area contributed by atoms with Crippen LogP contribution in [0.1, 0.15) is 116 Å².